The zero-order chi connectivity index (χ0) is 15.1. The molecule has 0 spiro atoms. The van der Waals surface area contributed by atoms with Gasteiger partial charge in [-0.2, -0.15) is 18.3 Å². The number of hydrogen-bond donors (Lipinski definition) is 0. The molecule has 0 aliphatic heterocycles. The van der Waals surface area contributed by atoms with E-state index in [1.165, 1.54) is 10.7 Å². The van der Waals surface area contributed by atoms with E-state index in [4.69, 9.17) is 0 Å². The van der Waals surface area contributed by atoms with Crippen molar-refractivity contribution in [2.24, 2.45) is 0 Å². The van der Waals surface area contributed by atoms with Crippen molar-refractivity contribution in [1.29, 1.82) is 0 Å². The zero-order valence-corrected chi connectivity index (χ0v) is 11.8. The summed E-state index contributed by atoms with van der Waals surface area (Å²) < 4.78 is 39.8. The first-order chi connectivity index (χ1) is 9.09. The van der Waals surface area contributed by atoms with Crippen molar-refractivity contribution < 1.29 is 13.2 Å². The largest absolute Gasteiger partial charge is 0.416 e. The second-order valence-electron chi connectivity index (χ2n) is 5.69. The summed E-state index contributed by atoms with van der Waals surface area (Å²) >= 11 is 0. The summed E-state index contributed by atoms with van der Waals surface area (Å²) in [5.41, 5.74) is -0.636. The number of alkyl halides is 3. The lowest BCUT2D eigenvalue weighted by Crippen LogP contribution is -2.19. The molecular weight excluding hydrogens is 267 g/mol. The van der Waals surface area contributed by atoms with Gasteiger partial charge in [0.2, 0.25) is 0 Å². The fourth-order valence-electron chi connectivity index (χ4n) is 1.89. The van der Waals surface area contributed by atoms with E-state index in [1.54, 1.807) is 13.0 Å². The third-order valence-corrected chi connectivity index (χ3v) is 2.80. The summed E-state index contributed by atoms with van der Waals surface area (Å²) in [5.74, 6) is 1.17. The Hall–Kier alpha value is -1.85. The highest BCUT2D eigenvalue weighted by Gasteiger charge is 2.31. The lowest BCUT2D eigenvalue weighted by atomic mass is 9.95. The van der Waals surface area contributed by atoms with E-state index < -0.39 is 11.7 Å². The summed E-state index contributed by atoms with van der Waals surface area (Å²) in [6.45, 7) is 7.56. The Morgan fingerprint density at radius 3 is 2.30 bits per heavy atom. The highest BCUT2D eigenvalue weighted by molar-refractivity contribution is 5.37. The SMILES string of the molecule is Cc1nc(C(C)(C)C)n(-c2cccc(C(F)(F)F)c2)n1. The molecule has 0 atom stereocenters. The molecule has 2 aromatic rings. The standard InChI is InChI=1S/C14H16F3N3/c1-9-18-12(13(2,3)4)20(19-9)11-7-5-6-10(8-11)14(15,16)17/h5-8H,1-4H3. The second kappa shape index (κ2) is 4.61. The minimum absolute atomic E-state index is 0.310. The summed E-state index contributed by atoms with van der Waals surface area (Å²) in [4.78, 5) is 4.32. The molecule has 1 aromatic heterocycles. The van der Waals surface area contributed by atoms with Gasteiger partial charge in [0.05, 0.1) is 11.3 Å². The molecule has 3 nitrogen and oxygen atoms in total. The molecule has 0 amide bonds. The molecule has 6 heteroatoms. The maximum atomic E-state index is 12.8. The number of rotatable bonds is 1. The van der Waals surface area contributed by atoms with Crippen LogP contribution in [-0.4, -0.2) is 14.8 Å². The minimum atomic E-state index is -4.37. The predicted molar refractivity (Wildman–Crippen MR) is 69.8 cm³/mol. The highest BCUT2D eigenvalue weighted by atomic mass is 19.4. The Morgan fingerprint density at radius 2 is 1.75 bits per heavy atom. The molecule has 0 saturated heterocycles. The Kier molecular flexibility index (Phi) is 3.36. The number of nitrogens with zero attached hydrogens (tertiary/aromatic N) is 3. The van der Waals surface area contributed by atoms with Crippen LogP contribution in [0.3, 0.4) is 0 Å². The van der Waals surface area contributed by atoms with Gasteiger partial charge in [0.25, 0.3) is 0 Å². The van der Waals surface area contributed by atoms with Crippen LogP contribution in [0.25, 0.3) is 5.69 Å². The quantitative estimate of drug-likeness (QED) is 0.795. The summed E-state index contributed by atoms with van der Waals surface area (Å²) in [6, 6.07) is 5.10. The van der Waals surface area contributed by atoms with Gasteiger partial charge in [-0.05, 0) is 25.1 Å². The average Bonchev–Trinajstić information content (AvgIpc) is 2.70. The number of benzene rings is 1. The van der Waals surface area contributed by atoms with Crippen LogP contribution in [0.4, 0.5) is 13.2 Å². The summed E-state index contributed by atoms with van der Waals surface area (Å²) in [6.07, 6.45) is -4.37. The second-order valence-corrected chi connectivity index (χ2v) is 5.69. The van der Waals surface area contributed by atoms with E-state index in [0.29, 0.717) is 17.3 Å². The lowest BCUT2D eigenvalue weighted by molar-refractivity contribution is -0.137. The molecular formula is C14H16F3N3. The monoisotopic (exact) mass is 283 g/mol. The number of aryl methyl sites for hydroxylation is 1. The maximum absolute atomic E-state index is 12.8. The van der Waals surface area contributed by atoms with Crippen molar-refractivity contribution in [3.05, 3.63) is 41.5 Å². The van der Waals surface area contributed by atoms with E-state index in [0.717, 1.165) is 12.1 Å². The van der Waals surface area contributed by atoms with Crippen LogP contribution >= 0.6 is 0 Å². The van der Waals surface area contributed by atoms with Crippen molar-refractivity contribution >= 4 is 0 Å². The Labute approximate surface area is 115 Å². The third kappa shape index (κ3) is 2.84. The van der Waals surface area contributed by atoms with Crippen LogP contribution in [0.15, 0.2) is 24.3 Å². The molecule has 0 aliphatic carbocycles. The molecule has 0 unspecified atom stereocenters. The van der Waals surface area contributed by atoms with E-state index >= 15 is 0 Å². The van der Waals surface area contributed by atoms with Crippen LogP contribution in [0, 0.1) is 6.92 Å². The summed E-state index contributed by atoms with van der Waals surface area (Å²) in [7, 11) is 0. The van der Waals surface area contributed by atoms with Gasteiger partial charge in [0.15, 0.2) is 0 Å². The molecule has 20 heavy (non-hydrogen) atoms. The topological polar surface area (TPSA) is 30.7 Å². The summed E-state index contributed by atoms with van der Waals surface area (Å²) in [5, 5.41) is 4.21. The first kappa shape index (κ1) is 14.6. The van der Waals surface area contributed by atoms with Gasteiger partial charge < -0.3 is 0 Å². The van der Waals surface area contributed by atoms with Crippen LogP contribution < -0.4 is 0 Å². The van der Waals surface area contributed by atoms with E-state index in [9.17, 15) is 13.2 Å². The molecule has 1 aromatic carbocycles. The molecule has 108 valence electrons. The van der Waals surface area contributed by atoms with E-state index in [1.807, 2.05) is 20.8 Å². The lowest BCUT2D eigenvalue weighted by Gasteiger charge is -2.18. The first-order valence-corrected chi connectivity index (χ1v) is 6.21. The Morgan fingerprint density at radius 1 is 1.10 bits per heavy atom. The van der Waals surface area contributed by atoms with Gasteiger partial charge in [-0.3, -0.25) is 0 Å². The van der Waals surface area contributed by atoms with Crippen LogP contribution in [0.1, 0.15) is 38.0 Å². The fraction of sp³-hybridized carbons (Fsp3) is 0.429. The molecule has 2 rings (SSSR count). The average molecular weight is 283 g/mol. The minimum Gasteiger partial charge on any atom is -0.217 e. The van der Waals surface area contributed by atoms with Crippen LogP contribution in [-0.2, 0) is 11.6 Å². The Bertz CT molecular complexity index is 621. The molecule has 0 saturated carbocycles. The van der Waals surface area contributed by atoms with Gasteiger partial charge >= 0.3 is 6.18 Å². The fourth-order valence-corrected chi connectivity index (χ4v) is 1.89. The van der Waals surface area contributed by atoms with Crippen molar-refractivity contribution in [3.8, 4) is 5.69 Å². The first-order valence-electron chi connectivity index (χ1n) is 6.21. The molecule has 0 bridgehead atoms. The Balaban J connectivity index is 2.58. The van der Waals surface area contributed by atoms with Gasteiger partial charge in [-0.25, -0.2) is 9.67 Å². The van der Waals surface area contributed by atoms with Crippen LogP contribution in [0.2, 0.25) is 0 Å². The molecule has 0 radical (unpaired) electrons. The smallest absolute Gasteiger partial charge is 0.217 e. The number of aromatic nitrogens is 3. The van der Waals surface area contributed by atoms with Crippen molar-refractivity contribution in [2.45, 2.75) is 39.3 Å². The maximum Gasteiger partial charge on any atom is 0.416 e. The molecule has 0 aliphatic rings. The normalized spacial score (nSPS) is 12.8. The van der Waals surface area contributed by atoms with Crippen molar-refractivity contribution in [1.82, 2.24) is 14.8 Å². The van der Waals surface area contributed by atoms with Gasteiger partial charge in [-0.15, -0.1) is 0 Å². The predicted octanol–water partition coefficient (Wildman–Crippen LogP) is 3.89. The van der Waals surface area contributed by atoms with Gasteiger partial charge in [0.1, 0.15) is 11.6 Å². The number of hydrogen-bond acceptors (Lipinski definition) is 2. The van der Waals surface area contributed by atoms with E-state index in [2.05, 4.69) is 10.1 Å². The molecule has 1 heterocycles. The highest BCUT2D eigenvalue weighted by Crippen LogP contribution is 2.31. The zero-order valence-electron chi connectivity index (χ0n) is 11.8. The van der Waals surface area contributed by atoms with Crippen molar-refractivity contribution in [3.63, 3.8) is 0 Å². The van der Waals surface area contributed by atoms with E-state index in [-0.39, 0.29) is 5.41 Å². The number of halogens is 3. The third-order valence-electron chi connectivity index (χ3n) is 2.80. The van der Waals surface area contributed by atoms with Crippen LogP contribution in [0.5, 0.6) is 0 Å². The molecule has 0 fully saturated rings. The van der Waals surface area contributed by atoms with Crippen molar-refractivity contribution in [2.75, 3.05) is 0 Å². The van der Waals surface area contributed by atoms with Gasteiger partial charge in [-0.1, -0.05) is 26.8 Å². The molecule has 0 N–H and O–H groups in total. The van der Waals surface area contributed by atoms with Gasteiger partial charge in [0, 0.05) is 5.41 Å².